The molecular formula is C21H22N4O2S. The Morgan fingerprint density at radius 2 is 1.75 bits per heavy atom. The van der Waals surface area contributed by atoms with Gasteiger partial charge in [0.05, 0.1) is 5.25 Å². The van der Waals surface area contributed by atoms with Gasteiger partial charge in [-0.3, -0.25) is 14.2 Å². The maximum absolute atomic E-state index is 12.6. The molecule has 0 aliphatic carbocycles. The Labute approximate surface area is 168 Å². The van der Waals surface area contributed by atoms with E-state index in [1.165, 1.54) is 22.9 Å². The second kappa shape index (κ2) is 8.31. The number of primary amides is 1. The quantitative estimate of drug-likeness (QED) is 0.624. The van der Waals surface area contributed by atoms with Crippen molar-refractivity contribution in [2.24, 2.45) is 5.73 Å². The summed E-state index contributed by atoms with van der Waals surface area (Å²) >= 11 is 1.38. The lowest BCUT2D eigenvalue weighted by Crippen LogP contribution is -2.23. The fraction of sp³-hybridized carbons (Fsp3) is 0.190. The largest absolute Gasteiger partial charge is 0.366 e. The molecule has 1 unspecified atom stereocenters. The number of amides is 2. The lowest BCUT2D eigenvalue weighted by molar-refractivity contribution is -0.115. The Morgan fingerprint density at radius 3 is 2.36 bits per heavy atom. The topological polar surface area (TPSA) is 90.0 Å². The van der Waals surface area contributed by atoms with E-state index in [1.54, 1.807) is 30.5 Å². The average Bonchev–Trinajstić information content (AvgIpc) is 3.09. The summed E-state index contributed by atoms with van der Waals surface area (Å²) in [7, 11) is 0. The summed E-state index contributed by atoms with van der Waals surface area (Å²) in [6, 6.07) is 12.8. The van der Waals surface area contributed by atoms with Crippen molar-refractivity contribution >= 4 is 29.3 Å². The minimum absolute atomic E-state index is 0.146. The molecule has 28 heavy (non-hydrogen) atoms. The van der Waals surface area contributed by atoms with Crippen molar-refractivity contribution in [3.63, 3.8) is 0 Å². The van der Waals surface area contributed by atoms with Crippen molar-refractivity contribution in [3.8, 4) is 5.69 Å². The highest BCUT2D eigenvalue weighted by Crippen LogP contribution is 2.26. The first kappa shape index (κ1) is 19.7. The van der Waals surface area contributed by atoms with Crippen LogP contribution in [-0.2, 0) is 4.79 Å². The van der Waals surface area contributed by atoms with Crippen molar-refractivity contribution in [1.29, 1.82) is 0 Å². The minimum Gasteiger partial charge on any atom is -0.366 e. The van der Waals surface area contributed by atoms with Gasteiger partial charge in [0.1, 0.15) is 0 Å². The summed E-state index contributed by atoms with van der Waals surface area (Å²) in [5.41, 5.74) is 9.60. The molecule has 0 radical (unpaired) electrons. The molecule has 3 N–H and O–H groups in total. The molecule has 0 fully saturated rings. The normalized spacial score (nSPS) is 11.8. The zero-order valence-electron chi connectivity index (χ0n) is 16.0. The zero-order chi connectivity index (χ0) is 20.3. The molecule has 6 nitrogen and oxygen atoms in total. The smallest absolute Gasteiger partial charge is 0.248 e. The summed E-state index contributed by atoms with van der Waals surface area (Å²) in [6.07, 6.45) is 3.62. The second-order valence-corrected chi connectivity index (χ2v) is 7.92. The number of hydrogen-bond acceptors (Lipinski definition) is 4. The van der Waals surface area contributed by atoms with Gasteiger partial charge in [-0.15, -0.1) is 0 Å². The molecule has 7 heteroatoms. The van der Waals surface area contributed by atoms with Crippen LogP contribution in [0.2, 0.25) is 0 Å². The van der Waals surface area contributed by atoms with Crippen molar-refractivity contribution in [2.45, 2.75) is 31.2 Å². The number of carbonyl (C=O) groups is 2. The fourth-order valence-electron chi connectivity index (χ4n) is 2.84. The summed E-state index contributed by atoms with van der Waals surface area (Å²) < 4.78 is 1.98. The highest BCUT2D eigenvalue weighted by atomic mass is 32.2. The molecule has 0 saturated heterocycles. The third kappa shape index (κ3) is 4.61. The monoisotopic (exact) mass is 394 g/mol. The maximum Gasteiger partial charge on any atom is 0.248 e. The first-order chi connectivity index (χ1) is 13.3. The van der Waals surface area contributed by atoms with E-state index in [0.717, 1.165) is 10.8 Å². The highest BCUT2D eigenvalue weighted by Gasteiger charge is 2.18. The molecule has 1 aromatic heterocycles. The SMILES string of the molecule is Cc1cc(C)cc(-n2ccnc2SC(C)C(=O)Nc2ccc(C(N)=O)cc2)c1. The van der Waals surface area contributed by atoms with Gasteiger partial charge < -0.3 is 11.1 Å². The Hall–Kier alpha value is -3.06. The van der Waals surface area contributed by atoms with Crippen molar-refractivity contribution in [3.05, 3.63) is 71.5 Å². The molecule has 2 amide bonds. The zero-order valence-corrected chi connectivity index (χ0v) is 16.8. The fourth-order valence-corrected chi connectivity index (χ4v) is 3.72. The van der Waals surface area contributed by atoms with Gasteiger partial charge in [-0.25, -0.2) is 4.98 Å². The molecule has 3 rings (SSSR count). The van der Waals surface area contributed by atoms with E-state index < -0.39 is 5.91 Å². The van der Waals surface area contributed by atoms with Crippen LogP contribution in [0.4, 0.5) is 5.69 Å². The highest BCUT2D eigenvalue weighted by molar-refractivity contribution is 8.00. The third-order valence-electron chi connectivity index (χ3n) is 4.18. The minimum atomic E-state index is -0.500. The van der Waals surface area contributed by atoms with Gasteiger partial charge in [0.25, 0.3) is 0 Å². The van der Waals surface area contributed by atoms with E-state index in [2.05, 4.69) is 42.3 Å². The van der Waals surface area contributed by atoms with Gasteiger partial charge in [0, 0.05) is 29.3 Å². The van der Waals surface area contributed by atoms with E-state index in [4.69, 9.17) is 5.73 Å². The summed E-state index contributed by atoms with van der Waals surface area (Å²) in [6.45, 7) is 5.94. The number of benzene rings is 2. The van der Waals surface area contributed by atoms with Crippen LogP contribution in [0.1, 0.15) is 28.4 Å². The number of rotatable bonds is 6. The van der Waals surface area contributed by atoms with Gasteiger partial charge in [-0.1, -0.05) is 17.8 Å². The Morgan fingerprint density at radius 1 is 1.11 bits per heavy atom. The maximum atomic E-state index is 12.6. The lowest BCUT2D eigenvalue weighted by atomic mass is 10.1. The van der Waals surface area contributed by atoms with Crippen LogP contribution in [0.15, 0.2) is 60.0 Å². The van der Waals surface area contributed by atoms with Crippen molar-refractivity contribution in [1.82, 2.24) is 9.55 Å². The number of aryl methyl sites for hydroxylation is 2. The predicted molar refractivity (Wildman–Crippen MR) is 112 cm³/mol. The number of hydrogen-bond donors (Lipinski definition) is 2. The molecular weight excluding hydrogens is 372 g/mol. The number of nitrogens with zero attached hydrogens (tertiary/aromatic N) is 2. The Balaban J connectivity index is 1.71. The van der Waals surface area contributed by atoms with E-state index in [-0.39, 0.29) is 11.2 Å². The molecule has 2 aromatic carbocycles. The molecule has 0 aliphatic rings. The van der Waals surface area contributed by atoms with Crippen molar-refractivity contribution in [2.75, 3.05) is 5.32 Å². The number of nitrogens with two attached hydrogens (primary N) is 1. The molecule has 3 aromatic rings. The number of imidazole rings is 1. The standard InChI is InChI=1S/C21H22N4O2S/c1-13-10-14(2)12-18(11-13)25-9-8-23-21(25)28-15(3)20(27)24-17-6-4-16(5-7-17)19(22)26/h4-12,15H,1-3H3,(H2,22,26)(H,24,27). The first-order valence-electron chi connectivity index (χ1n) is 8.83. The Bertz CT molecular complexity index is 991. The molecule has 0 aliphatic heterocycles. The molecule has 1 atom stereocenters. The molecule has 1 heterocycles. The van der Waals surface area contributed by atoms with Gasteiger partial charge in [-0.05, 0) is 68.3 Å². The second-order valence-electron chi connectivity index (χ2n) is 6.62. The predicted octanol–water partition coefficient (Wildman–Crippen LogP) is 3.71. The van der Waals surface area contributed by atoms with Crippen LogP contribution in [0.5, 0.6) is 0 Å². The van der Waals surface area contributed by atoms with Crippen LogP contribution < -0.4 is 11.1 Å². The first-order valence-corrected chi connectivity index (χ1v) is 9.71. The van der Waals surface area contributed by atoms with Crippen molar-refractivity contribution < 1.29 is 9.59 Å². The van der Waals surface area contributed by atoms with E-state index in [1.807, 2.05) is 17.7 Å². The molecule has 144 valence electrons. The van der Waals surface area contributed by atoms with Gasteiger partial charge in [-0.2, -0.15) is 0 Å². The van der Waals surface area contributed by atoms with E-state index in [9.17, 15) is 9.59 Å². The van der Waals surface area contributed by atoms with E-state index in [0.29, 0.717) is 11.3 Å². The van der Waals surface area contributed by atoms with Gasteiger partial charge in [0.15, 0.2) is 5.16 Å². The van der Waals surface area contributed by atoms with Crippen LogP contribution in [-0.4, -0.2) is 26.6 Å². The van der Waals surface area contributed by atoms with E-state index >= 15 is 0 Å². The van der Waals surface area contributed by atoms with Crippen LogP contribution in [0.25, 0.3) is 5.69 Å². The number of nitrogens with one attached hydrogen (secondary N) is 1. The molecule has 0 saturated carbocycles. The van der Waals surface area contributed by atoms with Gasteiger partial charge >= 0.3 is 0 Å². The van der Waals surface area contributed by atoms with Crippen LogP contribution >= 0.6 is 11.8 Å². The number of thioether (sulfide) groups is 1. The molecule has 0 bridgehead atoms. The van der Waals surface area contributed by atoms with Crippen LogP contribution in [0, 0.1) is 13.8 Å². The summed E-state index contributed by atoms with van der Waals surface area (Å²) in [5, 5.41) is 3.24. The molecule has 0 spiro atoms. The number of anilines is 1. The summed E-state index contributed by atoms with van der Waals surface area (Å²) in [5.74, 6) is -0.646. The number of carbonyl (C=O) groups excluding carboxylic acids is 2. The lowest BCUT2D eigenvalue weighted by Gasteiger charge is -2.14. The summed E-state index contributed by atoms with van der Waals surface area (Å²) in [4.78, 5) is 28.1. The number of aromatic nitrogens is 2. The Kier molecular flexibility index (Phi) is 5.84. The van der Waals surface area contributed by atoms with Gasteiger partial charge in [0.2, 0.25) is 11.8 Å². The van der Waals surface area contributed by atoms with Crippen LogP contribution in [0.3, 0.4) is 0 Å². The average molecular weight is 395 g/mol. The third-order valence-corrected chi connectivity index (χ3v) is 5.26.